The van der Waals surface area contributed by atoms with Crippen LogP contribution in [0.4, 0.5) is 18.9 Å². The summed E-state index contributed by atoms with van der Waals surface area (Å²) in [6.45, 7) is 1.28. The minimum Gasteiger partial charge on any atom is -0.456 e. The third-order valence-corrected chi connectivity index (χ3v) is 3.91. The van der Waals surface area contributed by atoms with Crippen LogP contribution in [0.2, 0.25) is 5.02 Å². The summed E-state index contributed by atoms with van der Waals surface area (Å²) in [6, 6.07) is 10.2. The standard InChI is InChI=1S/C17H15ClF3N3O/c1-23-9-22-10-24(11-23)13-3-5-14(6-4-13)25-16-7-2-12(8-15(16)18)17(19,20)21/h2-9H,10-11H2,1H3. The van der Waals surface area contributed by atoms with Gasteiger partial charge in [-0.1, -0.05) is 11.6 Å². The fourth-order valence-electron chi connectivity index (χ4n) is 2.40. The monoisotopic (exact) mass is 369 g/mol. The molecule has 1 heterocycles. The van der Waals surface area contributed by atoms with Crippen LogP contribution < -0.4 is 9.64 Å². The largest absolute Gasteiger partial charge is 0.456 e. The first-order valence-corrected chi connectivity index (χ1v) is 7.80. The van der Waals surface area contributed by atoms with E-state index in [2.05, 4.69) is 9.89 Å². The minimum atomic E-state index is -4.44. The van der Waals surface area contributed by atoms with Crippen LogP contribution in [0.15, 0.2) is 47.5 Å². The molecule has 0 unspecified atom stereocenters. The first-order valence-electron chi connectivity index (χ1n) is 7.43. The van der Waals surface area contributed by atoms with Gasteiger partial charge in [0.25, 0.3) is 0 Å². The molecule has 0 aromatic heterocycles. The number of anilines is 1. The lowest BCUT2D eigenvalue weighted by atomic mass is 10.2. The van der Waals surface area contributed by atoms with Crippen molar-refractivity contribution in [3.63, 3.8) is 0 Å². The number of ether oxygens (including phenoxy) is 1. The molecule has 132 valence electrons. The Hall–Kier alpha value is -2.41. The Labute approximate surface area is 148 Å². The second-order valence-electron chi connectivity index (χ2n) is 5.62. The summed E-state index contributed by atoms with van der Waals surface area (Å²) in [5.74, 6) is 0.656. The maximum atomic E-state index is 12.7. The highest BCUT2D eigenvalue weighted by atomic mass is 35.5. The van der Waals surface area contributed by atoms with Crippen LogP contribution in [0.5, 0.6) is 11.5 Å². The Kier molecular flexibility index (Phi) is 4.76. The van der Waals surface area contributed by atoms with Gasteiger partial charge in [0.15, 0.2) is 0 Å². The average Bonchev–Trinajstić information content (AvgIpc) is 2.56. The molecule has 1 aliphatic heterocycles. The molecule has 2 aromatic rings. The molecule has 0 saturated heterocycles. The van der Waals surface area contributed by atoms with Crippen LogP contribution in [0.3, 0.4) is 0 Å². The van der Waals surface area contributed by atoms with Gasteiger partial charge in [0.2, 0.25) is 0 Å². The second kappa shape index (κ2) is 6.84. The van der Waals surface area contributed by atoms with Gasteiger partial charge in [-0.15, -0.1) is 0 Å². The predicted octanol–water partition coefficient (Wildman–Crippen LogP) is 4.85. The number of rotatable bonds is 3. The highest BCUT2D eigenvalue weighted by Crippen LogP contribution is 2.36. The van der Waals surface area contributed by atoms with E-state index in [9.17, 15) is 13.2 Å². The van der Waals surface area contributed by atoms with Crippen molar-refractivity contribution in [2.45, 2.75) is 6.18 Å². The van der Waals surface area contributed by atoms with Crippen molar-refractivity contribution in [2.24, 2.45) is 4.99 Å². The molecule has 1 aliphatic rings. The van der Waals surface area contributed by atoms with Crippen molar-refractivity contribution in [1.29, 1.82) is 0 Å². The van der Waals surface area contributed by atoms with Crippen molar-refractivity contribution in [3.8, 4) is 11.5 Å². The number of hydrogen-bond donors (Lipinski definition) is 0. The van der Waals surface area contributed by atoms with Crippen LogP contribution in [0, 0.1) is 0 Å². The van der Waals surface area contributed by atoms with E-state index in [0.29, 0.717) is 19.1 Å². The van der Waals surface area contributed by atoms with E-state index in [1.165, 1.54) is 6.07 Å². The zero-order chi connectivity index (χ0) is 18.0. The highest BCUT2D eigenvalue weighted by Gasteiger charge is 2.31. The lowest BCUT2D eigenvalue weighted by Gasteiger charge is -2.30. The molecule has 3 rings (SSSR count). The molecule has 0 spiro atoms. The molecule has 0 N–H and O–H groups in total. The van der Waals surface area contributed by atoms with Crippen LogP contribution in [0.1, 0.15) is 5.56 Å². The number of aliphatic imine (C=N–C) groups is 1. The van der Waals surface area contributed by atoms with E-state index in [1.54, 1.807) is 18.5 Å². The Bertz CT molecular complexity index is 778. The SMILES string of the molecule is CN1C=NCN(c2ccc(Oc3ccc(C(F)(F)F)cc3Cl)cc2)C1. The topological polar surface area (TPSA) is 28.1 Å². The summed E-state index contributed by atoms with van der Waals surface area (Å²) in [6.07, 6.45) is -2.66. The van der Waals surface area contributed by atoms with E-state index in [1.807, 2.05) is 24.1 Å². The first kappa shape index (κ1) is 17.4. The number of halogens is 4. The van der Waals surface area contributed by atoms with E-state index in [0.717, 1.165) is 17.8 Å². The highest BCUT2D eigenvalue weighted by molar-refractivity contribution is 6.32. The number of alkyl halides is 3. The molecule has 2 aromatic carbocycles. The molecule has 25 heavy (non-hydrogen) atoms. The van der Waals surface area contributed by atoms with E-state index >= 15 is 0 Å². The molecule has 0 aliphatic carbocycles. The number of nitrogens with zero attached hydrogens (tertiary/aromatic N) is 3. The molecular formula is C17H15ClF3N3O. The number of hydrogen-bond acceptors (Lipinski definition) is 4. The van der Waals surface area contributed by atoms with Crippen LogP contribution in [-0.4, -0.2) is 31.6 Å². The lowest BCUT2D eigenvalue weighted by Crippen LogP contribution is -2.39. The van der Waals surface area contributed by atoms with E-state index in [4.69, 9.17) is 16.3 Å². The van der Waals surface area contributed by atoms with Crippen molar-refractivity contribution < 1.29 is 17.9 Å². The average molecular weight is 370 g/mol. The molecule has 0 atom stereocenters. The second-order valence-corrected chi connectivity index (χ2v) is 6.02. The Morgan fingerprint density at radius 1 is 1.12 bits per heavy atom. The van der Waals surface area contributed by atoms with Gasteiger partial charge in [0.05, 0.1) is 23.6 Å². The third kappa shape index (κ3) is 4.17. The van der Waals surface area contributed by atoms with E-state index < -0.39 is 11.7 Å². The summed E-state index contributed by atoms with van der Waals surface area (Å²) in [5.41, 5.74) is 0.157. The Morgan fingerprint density at radius 3 is 2.44 bits per heavy atom. The summed E-state index contributed by atoms with van der Waals surface area (Å²) in [4.78, 5) is 8.25. The Morgan fingerprint density at radius 2 is 1.84 bits per heavy atom. The van der Waals surface area contributed by atoms with Gasteiger partial charge in [0.1, 0.15) is 18.2 Å². The van der Waals surface area contributed by atoms with Gasteiger partial charge in [0, 0.05) is 12.7 Å². The maximum absolute atomic E-state index is 12.7. The summed E-state index contributed by atoms with van der Waals surface area (Å²) in [7, 11) is 1.93. The zero-order valence-electron chi connectivity index (χ0n) is 13.3. The molecule has 0 radical (unpaired) electrons. The van der Waals surface area contributed by atoms with Crippen molar-refractivity contribution in [1.82, 2.24) is 4.90 Å². The van der Waals surface area contributed by atoms with Crippen molar-refractivity contribution in [3.05, 3.63) is 53.1 Å². The quantitative estimate of drug-likeness (QED) is 0.774. The van der Waals surface area contributed by atoms with Crippen LogP contribution in [0.25, 0.3) is 0 Å². The van der Waals surface area contributed by atoms with E-state index in [-0.39, 0.29) is 10.8 Å². The zero-order valence-corrected chi connectivity index (χ0v) is 14.1. The van der Waals surface area contributed by atoms with Crippen molar-refractivity contribution >= 4 is 23.6 Å². The molecule has 0 saturated carbocycles. The van der Waals surface area contributed by atoms with Gasteiger partial charge in [-0.25, -0.2) is 0 Å². The van der Waals surface area contributed by atoms with Gasteiger partial charge in [-0.05, 0) is 42.5 Å². The first-order chi connectivity index (χ1) is 11.8. The smallest absolute Gasteiger partial charge is 0.416 e. The number of benzene rings is 2. The normalized spacial score (nSPS) is 14.8. The Balaban J connectivity index is 1.72. The third-order valence-electron chi connectivity index (χ3n) is 3.61. The van der Waals surface area contributed by atoms with Gasteiger partial charge >= 0.3 is 6.18 Å². The van der Waals surface area contributed by atoms with Crippen LogP contribution >= 0.6 is 11.6 Å². The van der Waals surface area contributed by atoms with Gasteiger partial charge in [-0.3, -0.25) is 4.99 Å². The van der Waals surface area contributed by atoms with Crippen LogP contribution in [-0.2, 0) is 6.18 Å². The molecule has 8 heteroatoms. The molecular weight excluding hydrogens is 355 g/mol. The van der Waals surface area contributed by atoms with Gasteiger partial charge in [-0.2, -0.15) is 13.2 Å². The fourth-order valence-corrected chi connectivity index (χ4v) is 2.62. The summed E-state index contributed by atoms with van der Waals surface area (Å²) in [5, 5.41) is -0.0918. The molecule has 4 nitrogen and oxygen atoms in total. The molecule has 0 amide bonds. The molecule has 0 fully saturated rings. The lowest BCUT2D eigenvalue weighted by molar-refractivity contribution is -0.137. The summed E-state index contributed by atoms with van der Waals surface area (Å²) < 4.78 is 43.6. The maximum Gasteiger partial charge on any atom is 0.416 e. The van der Waals surface area contributed by atoms with Gasteiger partial charge < -0.3 is 14.5 Å². The molecule has 0 bridgehead atoms. The minimum absolute atomic E-state index is 0.0918. The summed E-state index contributed by atoms with van der Waals surface area (Å²) >= 11 is 5.90. The predicted molar refractivity (Wildman–Crippen MR) is 91.4 cm³/mol. The van der Waals surface area contributed by atoms with Crippen molar-refractivity contribution in [2.75, 3.05) is 25.3 Å². The fraction of sp³-hybridized carbons (Fsp3) is 0.235.